The van der Waals surface area contributed by atoms with Crippen molar-refractivity contribution in [3.63, 3.8) is 0 Å². The summed E-state index contributed by atoms with van der Waals surface area (Å²) >= 11 is 0. The van der Waals surface area contributed by atoms with E-state index in [-0.39, 0.29) is 17.9 Å². The topological polar surface area (TPSA) is 81.2 Å². The first-order valence-corrected chi connectivity index (χ1v) is 8.09. The van der Waals surface area contributed by atoms with Gasteiger partial charge in [-0.15, -0.1) is 0 Å². The summed E-state index contributed by atoms with van der Waals surface area (Å²) in [6, 6.07) is -0.259. The minimum atomic E-state index is -0.259. The van der Waals surface area contributed by atoms with Crippen LogP contribution in [-0.2, 0) is 0 Å². The number of carbonyl (C=O) groups excluding carboxylic acids is 1. The zero-order chi connectivity index (χ0) is 15.7. The number of amides is 1. The third kappa shape index (κ3) is 5.87. The molecule has 0 fully saturated rings. The lowest BCUT2D eigenvalue weighted by Gasteiger charge is -2.13. The van der Waals surface area contributed by atoms with Crippen molar-refractivity contribution in [3.8, 4) is 0 Å². The molecule has 0 aliphatic rings. The van der Waals surface area contributed by atoms with Crippen LogP contribution in [0.4, 0.5) is 0 Å². The molecule has 2 unspecified atom stereocenters. The van der Waals surface area contributed by atoms with Gasteiger partial charge in [-0.05, 0) is 12.3 Å². The van der Waals surface area contributed by atoms with Crippen molar-refractivity contribution in [1.82, 2.24) is 10.3 Å². The number of rotatable bonds is 10. The fraction of sp³-hybridized carbons (Fsp3) is 0.750. The lowest BCUT2D eigenvalue weighted by Crippen LogP contribution is -2.25. The van der Waals surface area contributed by atoms with Gasteiger partial charge in [-0.1, -0.05) is 52.9 Å². The van der Waals surface area contributed by atoms with E-state index in [0.29, 0.717) is 18.1 Å². The third-order valence-electron chi connectivity index (χ3n) is 3.86. The quantitative estimate of drug-likeness (QED) is 0.648. The van der Waals surface area contributed by atoms with E-state index in [1.165, 1.54) is 25.5 Å². The van der Waals surface area contributed by atoms with Crippen molar-refractivity contribution >= 4 is 5.91 Å². The Labute approximate surface area is 127 Å². The molecule has 0 saturated carbocycles. The molecule has 1 amide bonds. The summed E-state index contributed by atoms with van der Waals surface area (Å²) in [5.41, 5.74) is 6.36. The van der Waals surface area contributed by atoms with E-state index < -0.39 is 0 Å². The van der Waals surface area contributed by atoms with Gasteiger partial charge in [0.05, 0.1) is 6.04 Å². The van der Waals surface area contributed by atoms with E-state index in [1.807, 2.05) is 6.92 Å². The first-order valence-electron chi connectivity index (χ1n) is 8.09. The number of nitrogens with two attached hydrogens (primary N) is 1. The van der Waals surface area contributed by atoms with E-state index in [4.69, 9.17) is 10.2 Å². The summed E-state index contributed by atoms with van der Waals surface area (Å²) in [6.45, 7) is 6.99. The van der Waals surface area contributed by atoms with Crippen LogP contribution in [0, 0.1) is 5.92 Å². The first kappa shape index (κ1) is 17.7. The molecule has 1 heterocycles. The molecule has 1 aromatic rings. The van der Waals surface area contributed by atoms with E-state index in [2.05, 4.69) is 24.1 Å². The maximum atomic E-state index is 11.9. The molecule has 0 aliphatic heterocycles. The van der Waals surface area contributed by atoms with Crippen molar-refractivity contribution in [2.45, 2.75) is 65.3 Å². The molecule has 3 N–H and O–H groups in total. The van der Waals surface area contributed by atoms with Crippen LogP contribution in [0.15, 0.2) is 10.7 Å². The van der Waals surface area contributed by atoms with Gasteiger partial charge in [0.15, 0.2) is 5.69 Å². The molecular formula is C16H29N3O2. The highest BCUT2D eigenvalue weighted by Crippen LogP contribution is 2.21. The van der Waals surface area contributed by atoms with E-state index >= 15 is 0 Å². The Balaban J connectivity index is 2.36. The number of nitrogens with zero attached hydrogens (tertiary/aromatic N) is 1. The lowest BCUT2D eigenvalue weighted by atomic mass is 10.0. The van der Waals surface area contributed by atoms with Crippen molar-refractivity contribution in [2.24, 2.45) is 11.7 Å². The Hall–Kier alpha value is -1.36. The predicted octanol–water partition coefficient (Wildman–Crippen LogP) is 3.42. The van der Waals surface area contributed by atoms with Crippen molar-refractivity contribution in [1.29, 1.82) is 0 Å². The number of oxazole rings is 1. The standard InChI is InChI=1S/C16H29N3O2/c1-4-6-7-8-9-10-18-15(20)13-11-21-16(19-13)14(17)12(3)5-2/h11-12,14H,4-10,17H2,1-3H3,(H,18,20). The van der Waals surface area contributed by atoms with Crippen LogP contribution >= 0.6 is 0 Å². The Morgan fingerprint density at radius 2 is 2.05 bits per heavy atom. The molecule has 0 aromatic carbocycles. The van der Waals surface area contributed by atoms with Gasteiger partial charge in [-0.3, -0.25) is 4.79 Å². The second kappa shape index (κ2) is 9.55. The number of hydrogen-bond donors (Lipinski definition) is 2. The normalized spacial score (nSPS) is 13.9. The molecule has 5 nitrogen and oxygen atoms in total. The first-order chi connectivity index (χ1) is 10.1. The Kier molecular flexibility index (Phi) is 8.05. The van der Waals surface area contributed by atoms with Crippen LogP contribution < -0.4 is 11.1 Å². The van der Waals surface area contributed by atoms with Gasteiger partial charge in [-0.25, -0.2) is 4.98 Å². The SMILES string of the molecule is CCCCCCCNC(=O)c1coc(C(N)C(C)CC)n1. The second-order valence-electron chi connectivity index (χ2n) is 5.65. The highest BCUT2D eigenvalue weighted by Gasteiger charge is 2.20. The Morgan fingerprint density at radius 1 is 1.33 bits per heavy atom. The fourth-order valence-corrected chi connectivity index (χ4v) is 2.06. The highest BCUT2D eigenvalue weighted by molar-refractivity contribution is 5.91. The summed E-state index contributed by atoms with van der Waals surface area (Å²) in [5, 5.41) is 2.87. The van der Waals surface area contributed by atoms with Crippen molar-refractivity contribution < 1.29 is 9.21 Å². The van der Waals surface area contributed by atoms with Crippen LogP contribution in [-0.4, -0.2) is 17.4 Å². The number of aromatic nitrogens is 1. The summed E-state index contributed by atoms with van der Waals surface area (Å²) in [6.07, 6.45) is 8.20. The van der Waals surface area contributed by atoms with Crippen LogP contribution in [0.2, 0.25) is 0 Å². The monoisotopic (exact) mass is 295 g/mol. The lowest BCUT2D eigenvalue weighted by molar-refractivity contribution is 0.0948. The van der Waals surface area contributed by atoms with Gasteiger partial charge in [0, 0.05) is 6.54 Å². The maximum absolute atomic E-state index is 11.9. The van der Waals surface area contributed by atoms with Gasteiger partial charge < -0.3 is 15.5 Å². The van der Waals surface area contributed by atoms with Crippen LogP contribution in [0.3, 0.4) is 0 Å². The zero-order valence-electron chi connectivity index (χ0n) is 13.5. The summed E-state index contributed by atoms with van der Waals surface area (Å²) < 4.78 is 5.33. The average molecular weight is 295 g/mol. The largest absolute Gasteiger partial charge is 0.446 e. The predicted molar refractivity (Wildman–Crippen MR) is 84.0 cm³/mol. The summed E-state index contributed by atoms with van der Waals surface area (Å²) in [4.78, 5) is 16.1. The highest BCUT2D eigenvalue weighted by atomic mass is 16.3. The smallest absolute Gasteiger partial charge is 0.273 e. The molecule has 0 saturated heterocycles. The van der Waals surface area contributed by atoms with Crippen molar-refractivity contribution in [2.75, 3.05) is 6.54 Å². The van der Waals surface area contributed by atoms with Gasteiger partial charge in [0.25, 0.3) is 5.91 Å². The Bertz CT molecular complexity index is 417. The van der Waals surface area contributed by atoms with Crippen LogP contribution in [0.25, 0.3) is 0 Å². The maximum Gasteiger partial charge on any atom is 0.273 e. The molecule has 120 valence electrons. The van der Waals surface area contributed by atoms with Gasteiger partial charge >= 0.3 is 0 Å². The van der Waals surface area contributed by atoms with E-state index in [1.54, 1.807) is 0 Å². The van der Waals surface area contributed by atoms with E-state index in [9.17, 15) is 4.79 Å². The van der Waals surface area contributed by atoms with Crippen LogP contribution in [0.5, 0.6) is 0 Å². The molecule has 2 atom stereocenters. The van der Waals surface area contributed by atoms with E-state index in [0.717, 1.165) is 19.3 Å². The fourth-order valence-electron chi connectivity index (χ4n) is 2.06. The molecule has 5 heteroatoms. The summed E-state index contributed by atoms with van der Waals surface area (Å²) in [7, 11) is 0. The van der Waals surface area contributed by atoms with Gasteiger partial charge in [-0.2, -0.15) is 0 Å². The third-order valence-corrected chi connectivity index (χ3v) is 3.86. The Morgan fingerprint density at radius 3 is 2.71 bits per heavy atom. The minimum Gasteiger partial charge on any atom is -0.446 e. The number of carbonyl (C=O) groups is 1. The molecule has 0 radical (unpaired) electrons. The molecule has 0 spiro atoms. The average Bonchev–Trinajstić information content (AvgIpc) is 2.98. The molecule has 1 rings (SSSR count). The van der Waals surface area contributed by atoms with Crippen LogP contribution in [0.1, 0.15) is 81.7 Å². The van der Waals surface area contributed by atoms with Gasteiger partial charge in [0.1, 0.15) is 6.26 Å². The molecule has 0 aliphatic carbocycles. The molecule has 21 heavy (non-hydrogen) atoms. The molecule has 1 aromatic heterocycles. The molecular weight excluding hydrogens is 266 g/mol. The number of nitrogens with one attached hydrogen (secondary N) is 1. The molecule has 0 bridgehead atoms. The van der Waals surface area contributed by atoms with Crippen molar-refractivity contribution in [3.05, 3.63) is 17.8 Å². The number of hydrogen-bond acceptors (Lipinski definition) is 4. The second-order valence-corrected chi connectivity index (χ2v) is 5.65. The summed E-state index contributed by atoms with van der Waals surface area (Å²) in [5.74, 6) is 0.535. The minimum absolute atomic E-state index is 0.183. The zero-order valence-corrected chi connectivity index (χ0v) is 13.5. The number of unbranched alkanes of at least 4 members (excludes halogenated alkanes) is 4. The van der Waals surface area contributed by atoms with Gasteiger partial charge in [0.2, 0.25) is 5.89 Å².